The van der Waals surface area contributed by atoms with E-state index in [4.69, 9.17) is 0 Å². The Morgan fingerprint density at radius 3 is 1.96 bits per heavy atom. The molecule has 0 spiro atoms. The molecule has 0 fully saturated rings. The molecule has 2 N–H and O–H groups in total. The minimum Gasteiger partial charge on any atom is -0.478 e. The van der Waals surface area contributed by atoms with Crippen LogP contribution in [0.3, 0.4) is 0 Å². The van der Waals surface area contributed by atoms with Crippen molar-refractivity contribution in [3.05, 3.63) is 29.3 Å². The lowest BCUT2D eigenvalue weighted by Crippen LogP contribution is -2.02. The number of unbranched alkanes of at least 4 members (excludes halogenated alkanes) is 13. The van der Waals surface area contributed by atoms with E-state index in [2.05, 4.69) is 12.2 Å². The lowest BCUT2D eigenvalue weighted by molar-refractivity contribution is 0.0697. The summed E-state index contributed by atoms with van der Waals surface area (Å²) in [5.74, 6) is -0.350. The second-order valence-corrected chi connectivity index (χ2v) is 8.57. The van der Waals surface area contributed by atoms with Gasteiger partial charge in [0.25, 0.3) is 0 Å². The van der Waals surface area contributed by atoms with Crippen molar-refractivity contribution in [1.82, 2.24) is 0 Å². The lowest BCUT2D eigenvalue weighted by Gasteiger charge is -2.10. The fourth-order valence-corrected chi connectivity index (χ4v) is 4.38. The number of carbonyl (C=O) groups is 1. The van der Waals surface area contributed by atoms with Gasteiger partial charge in [0.1, 0.15) is 0 Å². The largest absolute Gasteiger partial charge is 0.478 e. The molecule has 0 aliphatic carbocycles. The van der Waals surface area contributed by atoms with Crippen LogP contribution in [0.4, 0.5) is 5.69 Å². The van der Waals surface area contributed by atoms with Gasteiger partial charge in [0.2, 0.25) is 0 Å². The molecule has 158 valence electrons. The Kier molecular flexibility index (Phi) is 11.1. The Labute approximate surface area is 172 Å². The number of fused-ring (bicyclic) bond motifs is 1. The van der Waals surface area contributed by atoms with Crippen LogP contribution in [-0.2, 0) is 0 Å². The van der Waals surface area contributed by atoms with Gasteiger partial charge < -0.3 is 10.4 Å². The molecule has 1 aromatic carbocycles. The molecule has 0 amide bonds. The number of rotatable bonds is 16. The Morgan fingerprint density at radius 2 is 1.43 bits per heavy atom. The number of aromatic carboxylic acids is 1. The summed E-state index contributed by atoms with van der Waals surface area (Å²) in [4.78, 5) is 11.2. The Bertz CT molecular complexity index is 570. The second-order valence-electron chi connectivity index (χ2n) is 8.57. The van der Waals surface area contributed by atoms with Gasteiger partial charge in [-0.1, -0.05) is 96.8 Å². The molecule has 1 aromatic rings. The molecular weight excluding hydrogens is 346 g/mol. The van der Waals surface area contributed by atoms with Crippen LogP contribution < -0.4 is 5.32 Å². The van der Waals surface area contributed by atoms with Gasteiger partial charge in [-0.15, -0.1) is 0 Å². The first kappa shape index (κ1) is 22.8. The Morgan fingerprint density at radius 1 is 0.893 bits per heavy atom. The summed E-state index contributed by atoms with van der Waals surface area (Å²) in [6, 6.07) is 5.49. The zero-order chi connectivity index (χ0) is 20.0. The van der Waals surface area contributed by atoms with Crippen molar-refractivity contribution in [2.45, 2.75) is 109 Å². The number of carboxylic acids is 1. The number of hydrogen-bond donors (Lipinski definition) is 2. The number of hydrogen-bond acceptors (Lipinski definition) is 2. The molecule has 1 aliphatic heterocycles. The van der Waals surface area contributed by atoms with Crippen molar-refractivity contribution in [1.29, 1.82) is 0 Å². The average molecular weight is 388 g/mol. The predicted octanol–water partition coefficient (Wildman–Crippen LogP) is 7.77. The van der Waals surface area contributed by atoms with Gasteiger partial charge in [-0.2, -0.15) is 0 Å². The average Bonchev–Trinajstić information content (AvgIpc) is 3.10. The van der Waals surface area contributed by atoms with E-state index in [1.807, 2.05) is 12.1 Å². The van der Waals surface area contributed by atoms with Crippen LogP contribution in [0, 0.1) is 0 Å². The van der Waals surface area contributed by atoms with Crippen LogP contribution in [-0.4, -0.2) is 17.6 Å². The molecule has 0 unspecified atom stereocenters. The van der Waals surface area contributed by atoms with Crippen molar-refractivity contribution in [2.24, 2.45) is 0 Å². The summed E-state index contributed by atoms with van der Waals surface area (Å²) in [6.07, 6.45) is 20.6. The highest BCUT2D eigenvalue weighted by Crippen LogP contribution is 2.35. The van der Waals surface area contributed by atoms with Crippen LogP contribution in [0.1, 0.15) is 125 Å². The standard InChI is InChI=1S/C25H41NO2/c1-2-3-4-5-6-7-8-9-10-11-12-13-14-15-16-22-20-26-24-18-17-21(25(27)28)19-23(22)24/h17-19,22,26H,2-16,20H2,1H3,(H,27,28)/t22-/m1/s1. The van der Waals surface area contributed by atoms with E-state index in [0.717, 1.165) is 12.2 Å². The lowest BCUT2D eigenvalue weighted by atomic mass is 9.93. The molecule has 1 aliphatic rings. The van der Waals surface area contributed by atoms with Crippen molar-refractivity contribution >= 4 is 11.7 Å². The van der Waals surface area contributed by atoms with Crippen LogP contribution in [0.2, 0.25) is 0 Å². The number of anilines is 1. The number of benzene rings is 1. The molecule has 0 saturated heterocycles. The smallest absolute Gasteiger partial charge is 0.335 e. The molecular formula is C25H41NO2. The van der Waals surface area contributed by atoms with Gasteiger partial charge in [-0.25, -0.2) is 4.79 Å². The molecule has 3 nitrogen and oxygen atoms in total. The summed E-state index contributed by atoms with van der Waals surface area (Å²) < 4.78 is 0. The molecule has 1 heterocycles. The van der Waals surface area contributed by atoms with Gasteiger partial charge in [-0.05, 0) is 30.2 Å². The molecule has 0 aromatic heterocycles. The van der Waals surface area contributed by atoms with Gasteiger partial charge in [0.05, 0.1) is 5.56 Å². The van der Waals surface area contributed by atoms with Crippen LogP contribution in [0.5, 0.6) is 0 Å². The van der Waals surface area contributed by atoms with Gasteiger partial charge in [0, 0.05) is 18.2 Å². The van der Waals surface area contributed by atoms with Crippen LogP contribution in [0.15, 0.2) is 18.2 Å². The zero-order valence-electron chi connectivity index (χ0n) is 18.0. The van der Waals surface area contributed by atoms with E-state index in [-0.39, 0.29) is 0 Å². The minimum absolute atomic E-state index is 0.411. The monoisotopic (exact) mass is 387 g/mol. The van der Waals surface area contributed by atoms with Gasteiger partial charge in [-0.3, -0.25) is 0 Å². The Balaban J connectivity index is 1.45. The summed E-state index contributed by atoms with van der Waals surface area (Å²) in [5.41, 5.74) is 2.74. The quantitative estimate of drug-likeness (QED) is 0.285. The van der Waals surface area contributed by atoms with E-state index in [9.17, 15) is 9.90 Å². The molecule has 0 bridgehead atoms. The van der Waals surface area contributed by atoms with E-state index >= 15 is 0 Å². The van der Waals surface area contributed by atoms with Gasteiger partial charge in [0.15, 0.2) is 0 Å². The van der Waals surface area contributed by atoms with Gasteiger partial charge >= 0.3 is 5.97 Å². The maximum atomic E-state index is 11.2. The maximum absolute atomic E-state index is 11.2. The first-order valence-electron chi connectivity index (χ1n) is 11.8. The summed E-state index contributed by atoms with van der Waals surface area (Å²) >= 11 is 0. The highest BCUT2D eigenvalue weighted by atomic mass is 16.4. The van der Waals surface area contributed by atoms with Crippen molar-refractivity contribution in [2.75, 3.05) is 11.9 Å². The number of nitrogens with one attached hydrogen (secondary N) is 1. The van der Waals surface area contributed by atoms with Crippen molar-refractivity contribution in [3.63, 3.8) is 0 Å². The van der Waals surface area contributed by atoms with Crippen LogP contribution in [0.25, 0.3) is 0 Å². The third kappa shape index (κ3) is 8.24. The highest BCUT2D eigenvalue weighted by molar-refractivity contribution is 5.88. The molecule has 0 saturated carbocycles. The van der Waals surface area contributed by atoms with E-state index in [0.29, 0.717) is 11.5 Å². The number of carboxylic acid groups (broad SMARTS) is 1. The second kappa shape index (κ2) is 13.6. The summed E-state index contributed by atoms with van der Waals surface area (Å²) in [5, 5.41) is 12.6. The van der Waals surface area contributed by atoms with Crippen LogP contribution >= 0.6 is 0 Å². The van der Waals surface area contributed by atoms with E-state index in [1.54, 1.807) is 6.07 Å². The summed E-state index contributed by atoms with van der Waals surface area (Å²) in [6.45, 7) is 3.23. The normalized spacial score (nSPS) is 15.4. The molecule has 28 heavy (non-hydrogen) atoms. The summed E-state index contributed by atoms with van der Waals surface area (Å²) in [7, 11) is 0. The predicted molar refractivity (Wildman–Crippen MR) is 120 cm³/mol. The first-order valence-corrected chi connectivity index (χ1v) is 11.8. The maximum Gasteiger partial charge on any atom is 0.335 e. The third-order valence-electron chi connectivity index (χ3n) is 6.18. The third-order valence-corrected chi connectivity index (χ3v) is 6.18. The zero-order valence-corrected chi connectivity index (χ0v) is 18.0. The SMILES string of the molecule is CCCCCCCCCCCCCCCC[C@@H]1CNc2ccc(C(=O)O)cc21. The van der Waals surface area contributed by atoms with Crippen molar-refractivity contribution in [3.8, 4) is 0 Å². The van der Waals surface area contributed by atoms with E-state index in [1.165, 1.54) is 102 Å². The highest BCUT2D eigenvalue weighted by Gasteiger charge is 2.22. The minimum atomic E-state index is -0.829. The molecule has 1 atom stereocenters. The Hall–Kier alpha value is -1.51. The molecule has 0 radical (unpaired) electrons. The molecule has 3 heteroatoms. The van der Waals surface area contributed by atoms with Crippen molar-refractivity contribution < 1.29 is 9.90 Å². The first-order chi connectivity index (χ1) is 13.7. The van der Waals surface area contributed by atoms with E-state index < -0.39 is 5.97 Å². The fraction of sp³-hybridized carbons (Fsp3) is 0.720. The fourth-order valence-electron chi connectivity index (χ4n) is 4.38. The topological polar surface area (TPSA) is 49.3 Å². The molecule has 2 rings (SSSR count).